The lowest BCUT2D eigenvalue weighted by atomic mass is 10.2. The Labute approximate surface area is 82.8 Å². The largest absolute Gasteiger partial charge is 0.432 e. The molecule has 0 unspecified atom stereocenters. The zero-order valence-electron chi connectivity index (χ0n) is 7.32. The Balaban J connectivity index is 2.98. The molecular weight excluding hydrogens is 213 g/mol. The topological polar surface area (TPSA) is 67.8 Å². The van der Waals surface area contributed by atoms with Crippen LogP contribution in [0.4, 0.5) is 13.2 Å². The fourth-order valence-electron chi connectivity index (χ4n) is 0.909. The molecule has 4 nitrogen and oxygen atoms in total. The lowest BCUT2D eigenvalue weighted by Gasteiger charge is -2.06. The van der Waals surface area contributed by atoms with E-state index < -0.39 is 18.2 Å². The predicted octanol–water partition coefficient (Wildman–Crippen LogP) is 1.52. The zero-order chi connectivity index (χ0) is 11.4. The summed E-state index contributed by atoms with van der Waals surface area (Å²) >= 11 is 0. The number of nitrogens with two attached hydrogens (primary N) is 1. The molecule has 0 aliphatic carbocycles. The first-order valence-electron chi connectivity index (χ1n) is 3.77. The van der Waals surface area contributed by atoms with Crippen LogP contribution in [0.5, 0.6) is 5.75 Å². The summed E-state index contributed by atoms with van der Waals surface area (Å²) in [6.07, 6.45) is 0. The molecule has 3 N–H and O–H groups in total. The van der Waals surface area contributed by atoms with Crippen LogP contribution >= 0.6 is 0 Å². The summed E-state index contributed by atoms with van der Waals surface area (Å²) in [6.45, 7) is -3.10. The number of hydrogen-bond acceptors (Lipinski definition) is 3. The molecule has 0 aliphatic heterocycles. The number of hydrogen-bond donors (Lipinski definition) is 2. The van der Waals surface area contributed by atoms with E-state index in [2.05, 4.69) is 9.89 Å². The van der Waals surface area contributed by atoms with Gasteiger partial charge in [0.25, 0.3) is 0 Å². The van der Waals surface area contributed by atoms with Crippen molar-refractivity contribution in [2.45, 2.75) is 6.61 Å². The van der Waals surface area contributed by atoms with E-state index in [9.17, 15) is 13.2 Å². The van der Waals surface area contributed by atoms with Gasteiger partial charge in [-0.05, 0) is 18.2 Å². The molecule has 1 rings (SSSR count). The van der Waals surface area contributed by atoms with E-state index in [-0.39, 0.29) is 11.4 Å². The third kappa shape index (κ3) is 2.76. The van der Waals surface area contributed by atoms with Crippen LogP contribution in [0.1, 0.15) is 5.56 Å². The SMILES string of the molecule is N/C(=N/O)c1ccc(OC(F)F)c(F)c1. The maximum absolute atomic E-state index is 13.1. The number of oxime groups is 1. The predicted molar refractivity (Wildman–Crippen MR) is 45.5 cm³/mol. The molecular formula is C8H7F3N2O2. The van der Waals surface area contributed by atoms with E-state index in [0.717, 1.165) is 12.1 Å². The van der Waals surface area contributed by atoms with Crippen LogP contribution in [-0.2, 0) is 0 Å². The molecule has 1 aromatic carbocycles. The van der Waals surface area contributed by atoms with Crippen molar-refractivity contribution in [2.75, 3.05) is 0 Å². The van der Waals surface area contributed by atoms with E-state index in [4.69, 9.17) is 10.9 Å². The standard InChI is InChI=1S/C8H7F3N2O2/c9-5-3-4(7(12)13-14)1-2-6(5)15-8(10)11/h1-3,8,14H,(H2,12,13). The van der Waals surface area contributed by atoms with Crippen LogP contribution in [-0.4, -0.2) is 17.7 Å². The molecule has 1 aromatic rings. The van der Waals surface area contributed by atoms with Gasteiger partial charge >= 0.3 is 6.61 Å². The molecule has 0 saturated heterocycles. The second kappa shape index (κ2) is 4.54. The number of alkyl halides is 2. The summed E-state index contributed by atoms with van der Waals surface area (Å²) in [5.74, 6) is -1.93. The Morgan fingerprint density at radius 2 is 2.13 bits per heavy atom. The summed E-state index contributed by atoms with van der Waals surface area (Å²) in [6, 6.07) is 2.98. The Morgan fingerprint density at radius 1 is 1.47 bits per heavy atom. The molecule has 0 atom stereocenters. The van der Waals surface area contributed by atoms with E-state index in [1.165, 1.54) is 6.07 Å². The van der Waals surface area contributed by atoms with Gasteiger partial charge in [0.1, 0.15) is 0 Å². The molecule has 7 heteroatoms. The lowest BCUT2D eigenvalue weighted by Crippen LogP contribution is -2.13. The van der Waals surface area contributed by atoms with Crippen molar-refractivity contribution in [2.24, 2.45) is 10.9 Å². The molecule has 0 radical (unpaired) electrons. The van der Waals surface area contributed by atoms with Gasteiger partial charge in [-0.15, -0.1) is 0 Å². The molecule has 0 spiro atoms. The van der Waals surface area contributed by atoms with Crippen LogP contribution in [0.2, 0.25) is 0 Å². The summed E-state index contributed by atoms with van der Waals surface area (Å²) in [5.41, 5.74) is 5.23. The van der Waals surface area contributed by atoms with E-state index in [1.807, 2.05) is 0 Å². The Bertz CT molecular complexity index is 382. The molecule has 82 valence electrons. The fourth-order valence-corrected chi connectivity index (χ4v) is 0.909. The van der Waals surface area contributed by atoms with Crippen LogP contribution < -0.4 is 10.5 Å². The molecule has 0 amide bonds. The van der Waals surface area contributed by atoms with Crippen molar-refractivity contribution in [3.63, 3.8) is 0 Å². The molecule has 0 aliphatic rings. The van der Waals surface area contributed by atoms with Crippen LogP contribution in [0.3, 0.4) is 0 Å². The molecule has 0 bridgehead atoms. The average molecular weight is 220 g/mol. The number of halogens is 3. The molecule has 0 fully saturated rings. The van der Waals surface area contributed by atoms with Crippen LogP contribution in [0.15, 0.2) is 23.4 Å². The normalized spacial score (nSPS) is 11.9. The van der Waals surface area contributed by atoms with Crippen molar-refractivity contribution < 1.29 is 23.1 Å². The van der Waals surface area contributed by atoms with Gasteiger partial charge in [-0.25, -0.2) is 4.39 Å². The van der Waals surface area contributed by atoms with Crippen molar-refractivity contribution in [1.29, 1.82) is 0 Å². The Hall–Kier alpha value is -1.92. The van der Waals surface area contributed by atoms with Gasteiger partial charge < -0.3 is 15.7 Å². The van der Waals surface area contributed by atoms with Gasteiger partial charge in [0.15, 0.2) is 17.4 Å². The minimum absolute atomic E-state index is 0.0663. The van der Waals surface area contributed by atoms with Crippen molar-refractivity contribution in [1.82, 2.24) is 0 Å². The van der Waals surface area contributed by atoms with Crippen molar-refractivity contribution >= 4 is 5.84 Å². The molecule has 0 heterocycles. The van der Waals surface area contributed by atoms with Gasteiger partial charge in [-0.1, -0.05) is 5.16 Å². The number of rotatable bonds is 3. The van der Waals surface area contributed by atoms with Crippen molar-refractivity contribution in [3.05, 3.63) is 29.6 Å². The lowest BCUT2D eigenvalue weighted by molar-refractivity contribution is -0.0521. The van der Waals surface area contributed by atoms with Gasteiger partial charge in [0.05, 0.1) is 0 Å². The van der Waals surface area contributed by atoms with Crippen LogP contribution in [0.25, 0.3) is 0 Å². The van der Waals surface area contributed by atoms with Gasteiger partial charge in [-0.2, -0.15) is 8.78 Å². The second-order valence-corrected chi connectivity index (χ2v) is 2.51. The monoisotopic (exact) mass is 220 g/mol. The quantitative estimate of drug-likeness (QED) is 0.351. The summed E-state index contributed by atoms with van der Waals surface area (Å²) in [4.78, 5) is 0. The first-order valence-corrected chi connectivity index (χ1v) is 3.77. The van der Waals surface area contributed by atoms with Crippen LogP contribution in [0, 0.1) is 5.82 Å². The molecule has 0 saturated carbocycles. The summed E-state index contributed by atoms with van der Waals surface area (Å²) < 4.78 is 40.4. The maximum Gasteiger partial charge on any atom is 0.387 e. The highest BCUT2D eigenvalue weighted by Gasteiger charge is 2.11. The minimum atomic E-state index is -3.10. The Morgan fingerprint density at radius 3 is 2.60 bits per heavy atom. The third-order valence-corrected chi connectivity index (χ3v) is 1.55. The number of amidine groups is 1. The van der Waals surface area contributed by atoms with Gasteiger partial charge in [-0.3, -0.25) is 0 Å². The van der Waals surface area contributed by atoms with Gasteiger partial charge in [0.2, 0.25) is 0 Å². The molecule has 0 aromatic heterocycles. The highest BCUT2D eigenvalue weighted by molar-refractivity contribution is 5.97. The van der Waals surface area contributed by atoms with Crippen molar-refractivity contribution in [3.8, 4) is 5.75 Å². The first-order chi connectivity index (χ1) is 7.04. The highest BCUT2D eigenvalue weighted by atomic mass is 19.3. The maximum atomic E-state index is 13.1. The number of ether oxygens (including phenoxy) is 1. The average Bonchev–Trinajstić information content (AvgIpc) is 2.19. The Kier molecular flexibility index (Phi) is 3.37. The minimum Gasteiger partial charge on any atom is -0.432 e. The third-order valence-electron chi connectivity index (χ3n) is 1.55. The summed E-state index contributed by atoms with van der Waals surface area (Å²) in [7, 11) is 0. The first kappa shape index (κ1) is 11.2. The van der Waals surface area contributed by atoms with E-state index in [0.29, 0.717) is 0 Å². The fraction of sp³-hybridized carbons (Fsp3) is 0.125. The smallest absolute Gasteiger partial charge is 0.387 e. The van der Waals surface area contributed by atoms with Gasteiger partial charge in [0, 0.05) is 5.56 Å². The number of benzene rings is 1. The summed E-state index contributed by atoms with van der Waals surface area (Å²) in [5, 5.41) is 10.9. The zero-order valence-corrected chi connectivity index (χ0v) is 7.32. The second-order valence-electron chi connectivity index (χ2n) is 2.51. The molecule has 15 heavy (non-hydrogen) atoms. The number of nitrogens with zero attached hydrogens (tertiary/aromatic N) is 1. The van der Waals surface area contributed by atoms with E-state index in [1.54, 1.807) is 0 Å². The highest BCUT2D eigenvalue weighted by Crippen LogP contribution is 2.20. The van der Waals surface area contributed by atoms with E-state index >= 15 is 0 Å².